The molecule has 2 fully saturated rings. The zero-order valence-corrected chi connectivity index (χ0v) is 21.5. The SMILES string of the molecule is Cc1c(C#N)cccc1-c1nc(N)c(F)c(/C(=C/NCc2cccc(C3CCN(C=O)CC34CC4)n2)N=N)n1. The normalized spacial score (nSPS) is 17.9. The minimum atomic E-state index is -0.881. The molecule has 1 aromatic carbocycles. The number of pyridine rings is 1. The highest BCUT2D eigenvalue weighted by Gasteiger charge is 2.53. The van der Waals surface area contributed by atoms with Crippen LogP contribution in [0.25, 0.3) is 17.1 Å². The smallest absolute Gasteiger partial charge is 0.209 e. The van der Waals surface area contributed by atoms with Gasteiger partial charge in [0.1, 0.15) is 11.4 Å². The van der Waals surface area contributed by atoms with E-state index in [1.165, 1.54) is 6.20 Å². The number of carbonyl (C=O) groups is 1. The summed E-state index contributed by atoms with van der Waals surface area (Å²) < 4.78 is 15.0. The molecule has 11 heteroatoms. The summed E-state index contributed by atoms with van der Waals surface area (Å²) in [5, 5.41) is 15.9. The maximum absolute atomic E-state index is 15.0. The first-order valence-electron chi connectivity index (χ1n) is 12.7. The Labute approximate surface area is 225 Å². The average molecular weight is 526 g/mol. The molecule has 1 spiro atoms. The summed E-state index contributed by atoms with van der Waals surface area (Å²) in [5.41, 5.74) is 16.8. The van der Waals surface area contributed by atoms with Crippen LogP contribution >= 0.6 is 0 Å². The minimum Gasteiger partial charge on any atom is -0.383 e. The Hall–Kier alpha value is -4.72. The summed E-state index contributed by atoms with van der Waals surface area (Å²) >= 11 is 0. The van der Waals surface area contributed by atoms with Crippen molar-refractivity contribution < 1.29 is 9.18 Å². The molecule has 1 amide bonds. The van der Waals surface area contributed by atoms with E-state index >= 15 is 0 Å². The third-order valence-corrected chi connectivity index (χ3v) is 7.65. The largest absolute Gasteiger partial charge is 0.383 e. The predicted octanol–water partition coefficient (Wildman–Crippen LogP) is 4.29. The Morgan fingerprint density at radius 2 is 2.10 bits per heavy atom. The van der Waals surface area contributed by atoms with Crippen molar-refractivity contribution in [2.45, 2.75) is 38.6 Å². The van der Waals surface area contributed by atoms with Gasteiger partial charge in [-0.2, -0.15) is 10.4 Å². The molecule has 0 radical (unpaired) electrons. The van der Waals surface area contributed by atoms with E-state index in [2.05, 4.69) is 26.5 Å². The highest BCUT2D eigenvalue weighted by Crippen LogP contribution is 2.59. The van der Waals surface area contributed by atoms with Gasteiger partial charge in [-0.05, 0) is 55.4 Å². The predicted molar refractivity (Wildman–Crippen MR) is 142 cm³/mol. The molecule has 2 aromatic heterocycles. The summed E-state index contributed by atoms with van der Waals surface area (Å²) in [6.45, 7) is 3.58. The third-order valence-electron chi connectivity index (χ3n) is 7.65. The van der Waals surface area contributed by atoms with E-state index in [9.17, 15) is 14.4 Å². The summed E-state index contributed by atoms with van der Waals surface area (Å²) in [6.07, 6.45) is 5.42. The van der Waals surface area contributed by atoms with Crippen LogP contribution in [0.5, 0.6) is 0 Å². The van der Waals surface area contributed by atoms with Crippen LogP contribution in [0.4, 0.5) is 10.2 Å². The van der Waals surface area contributed by atoms with Crippen molar-refractivity contribution in [2.24, 2.45) is 10.5 Å². The number of nitrogens with two attached hydrogens (primary N) is 1. The fourth-order valence-electron chi connectivity index (χ4n) is 5.36. The first kappa shape index (κ1) is 25.9. The van der Waals surface area contributed by atoms with Crippen molar-refractivity contribution in [3.63, 3.8) is 0 Å². The quantitative estimate of drug-likeness (QED) is 0.292. The number of nitrogens with one attached hydrogen (secondary N) is 2. The number of piperidine rings is 1. The molecule has 1 aliphatic carbocycles. The zero-order valence-electron chi connectivity index (χ0n) is 21.5. The van der Waals surface area contributed by atoms with Crippen molar-refractivity contribution in [1.82, 2.24) is 25.2 Å². The van der Waals surface area contributed by atoms with Gasteiger partial charge in [0.05, 0.1) is 23.9 Å². The second-order valence-corrected chi connectivity index (χ2v) is 10.0. The first-order valence-corrected chi connectivity index (χ1v) is 12.7. The van der Waals surface area contributed by atoms with Gasteiger partial charge in [0, 0.05) is 36.5 Å². The molecular weight excluding hydrogens is 497 g/mol. The van der Waals surface area contributed by atoms with Crippen LogP contribution in [-0.4, -0.2) is 39.4 Å². The second kappa shape index (κ2) is 10.6. The van der Waals surface area contributed by atoms with Crippen LogP contribution in [0.1, 0.15) is 53.4 Å². The van der Waals surface area contributed by atoms with Crippen LogP contribution < -0.4 is 11.1 Å². The molecule has 10 nitrogen and oxygen atoms in total. The summed E-state index contributed by atoms with van der Waals surface area (Å²) in [7, 11) is 0. The molecule has 1 atom stereocenters. The van der Waals surface area contributed by atoms with Crippen molar-refractivity contribution in [3.05, 3.63) is 76.6 Å². The number of hydrogen-bond acceptors (Lipinski definition) is 9. The van der Waals surface area contributed by atoms with Gasteiger partial charge in [0.25, 0.3) is 0 Å². The topological polar surface area (TPSA) is 157 Å². The van der Waals surface area contributed by atoms with E-state index in [4.69, 9.17) is 16.2 Å². The molecule has 1 saturated carbocycles. The highest BCUT2D eigenvalue weighted by atomic mass is 19.1. The number of hydrogen-bond donors (Lipinski definition) is 3. The van der Waals surface area contributed by atoms with Crippen LogP contribution in [0, 0.1) is 35.0 Å². The highest BCUT2D eigenvalue weighted by molar-refractivity contribution is 5.70. The number of nitriles is 1. The first-order chi connectivity index (χ1) is 18.9. The minimum absolute atomic E-state index is 0.0636. The Morgan fingerprint density at radius 1 is 1.31 bits per heavy atom. The lowest BCUT2D eigenvalue weighted by molar-refractivity contribution is -0.120. The number of nitrogens with zero attached hydrogens (tertiary/aromatic N) is 6. The Balaban J connectivity index is 1.36. The molecule has 39 heavy (non-hydrogen) atoms. The van der Waals surface area contributed by atoms with Crippen LogP contribution in [0.3, 0.4) is 0 Å². The number of rotatable bonds is 8. The number of nitrogen functional groups attached to an aromatic ring is 1. The third kappa shape index (κ3) is 5.05. The van der Waals surface area contributed by atoms with Crippen molar-refractivity contribution in [2.75, 3.05) is 18.8 Å². The maximum atomic E-state index is 15.0. The molecule has 1 saturated heterocycles. The number of halogens is 1. The van der Waals surface area contributed by atoms with Gasteiger partial charge >= 0.3 is 0 Å². The molecule has 5 rings (SSSR count). The molecule has 4 N–H and O–H groups in total. The van der Waals surface area contributed by atoms with E-state index in [1.54, 1.807) is 25.1 Å². The number of benzene rings is 1. The van der Waals surface area contributed by atoms with E-state index in [0.717, 1.165) is 50.1 Å². The fourth-order valence-corrected chi connectivity index (χ4v) is 5.36. The van der Waals surface area contributed by atoms with Gasteiger partial charge in [-0.3, -0.25) is 9.78 Å². The van der Waals surface area contributed by atoms with Gasteiger partial charge in [-0.25, -0.2) is 19.9 Å². The second-order valence-electron chi connectivity index (χ2n) is 10.0. The summed E-state index contributed by atoms with van der Waals surface area (Å²) in [5.74, 6) is -0.816. The van der Waals surface area contributed by atoms with Crippen LogP contribution in [-0.2, 0) is 11.3 Å². The molecule has 1 unspecified atom stereocenters. The lowest BCUT2D eigenvalue weighted by atomic mass is 9.80. The van der Waals surface area contributed by atoms with E-state index < -0.39 is 5.82 Å². The maximum Gasteiger partial charge on any atom is 0.209 e. The van der Waals surface area contributed by atoms with Gasteiger partial charge in [-0.1, -0.05) is 18.2 Å². The molecule has 1 aliphatic heterocycles. The number of amides is 1. The van der Waals surface area contributed by atoms with Gasteiger partial charge in [-0.15, -0.1) is 0 Å². The Bertz CT molecular complexity index is 1510. The van der Waals surface area contributed by atoms with E-state index in [1.807, 2.05) is 23.1 Å². The standard InChI is InChI=1S/C28H28FN9O/c1-17-18(12-30)4-2-6-20(17)27-35-25(24(29)26(31)36-27)23(37-32)14-33-13-19-5-3-7-22(34-19)21-8-11-38(16-39)15-28(21)9-10-28/h2-7,14,16,21,32-33H,8-11,13,15H2,1H3,(H2,31,35,36)/b23-14-,37-32?. The molecule has 198 valence electrons. The van der Waals surface area contributed by atoms with Crippen molar-refractivity contribution in [1.29, 1.82) is 10.8 Å². The number of anilines is 1. The van der Waals surface area contributed by atoms with E-state index in [0.29, 0.717) is 29.2 Å². The Morgan fingerprint density at radius 3 is 2.82 bits per heavy atom. The van der Waals surface area contributed by atoms with Crippen molar-refractivity contribution in [3.8, 4) is 17.5 Å². The molecule has 3 heterocycles. The zero-order chi connectivity index (χ0) is 27.6. The van der Waals surface area contributed by atoms with Crippen molar-refractivity contribution >= 4 is 17.9 Å². The number of aromatic nitrogens is 3. The number of carbonyl (C=O) groups excluding carboxylic acids is 1. The Kier molecular flexibility index (Phi) is 7.02. The van der Waals surface area contributed by atoms with Gasteiger partial charge in [0.15, 0.2) is 17.5 Å². The number of likely N-dealkylation sites (tertiary alicyclic amines) is 1. The molecular formula is C28H28FN9O. The fraction of sp³-hybridized carbons (Fsp3) is 0.321. The van der Waals surface area contributed by atoms with Gasteiger partial charge < -0.3 is 16.0 Å². The lowest BCUT2D eigenvalue weighted by Crippen LogP contribution is -2.40. The summed E-state index contributed by atoms with van der Waals surface area (Å²) in [6, 6.07) is 13.1. The van der Waals surface area contributed by atoms with Crippen LogP contribution in [0.15, 0.2) is 47.7 Å². The van der Waals surface area contributed by atoms with Crippen LogP contribution in [0.2, 0.25) is 0 Å². The summed E-state index contributed by atoms with van der Waals surface area (Å²) in [4.78, 5) is 26.4. The molecule has 2 aliphatic rings. The van der Waals surface area contributed by atoms with Gasteiger partial charge in [0.2, 0.25) is 6.41 Å². The average Bonchev–Trinajstić information content (AvgIpc) is 3.72. The molecule has 0 bridgehead atoms. The van der Waals surface area contributed by atoms with E-state index in [-0.39, 0.29) is 28.4 Å². The molecule has 3 aromatic rings. The monoisotopic (exact) mass is 525 g/mol. The lowest BCUT2D eigenvalue weighted by Gasteiger charge is -2.37.